The van der Waals surface area contributed by atoms with Gasteiger partial charge >= 0.3 is 0 Å². The number of hydrogen-bond donors (Lipinski definition) is 1. The number of amides is 1. The number of benzene rings is 1. The van der Waals surface area contributed by atoms with Gasteiger partial charge in [-0.25, -0.2) is 13.1 Å². The van der Waals surface area contributed by atoms with Crippen LogP contribution in [0.15, 0.2) is 47.5 Å². The average molecular weight is 532 g/mol. The van der Waals surface area contributed by atoms with Gasteiger partial charge in [-0.15, -0.1) is 0 Å². The van der Waals surface area contributed by atoms with Crippen LogP contribution >= 0.6 is 11.9 Å². The fourth-order valence-electron chi connectivity index (χ4n) is 4.32. The van der Waals surface area contributed by atoms with E-state index in [1.54, 1.807) is 27.9 Å². The minimum absolute atomic E-state index is 0.0923. The highest BCUT2D eigenvalue weighted by molar-refractivity contribution is 7.97. The molecule has 0 atom stereocenters. The van der Waals surface area contributed by atoms with Crippen LogP contribution in [0.2, 0.25) is 0 Å². The second-order valence-electron chi connectivity index (χ2n) is 8.95. The van der Waals surface area contributed by atoms with E-state index in [0.717, 1.165) is 65.5 Å². The Hall–Kier alpha value is -2.69. The van der Waals surface area contributed by atoms with Crippen LogP contribution in [0.3, 0.4) is 0 Å². The molecule has 3 saturated heterocycles. The standard InChI is InChI=1S/C20H20F2N4S.C5H9NO2.C2H6/c21-20(22)6-10-25(13-20)19-5-4-14(27-26-8-2-9-26)11-15(19)17-12-18-16(24-17)3-1-7-23-18;7-5-6-1-3-8-4-2-6;1-2/h1,3-5,7,11-12,24H,2,6,8-10,13H2;5H,1-4H2;1-2H3. The van der Waals surface area contributed by atoms with Gasteiger partial charge in [0.1, 0.15) is 0 Å². The number of anilines is 1. The molecule has 0 bridgehead atoms. The smallest absolute Gasteiger partial charge is 0.266 e. The molecule has 0 unspecified atom stereocenters. The quantitative estimate of drug-likeness (QED) is 0.357. The van der Waals surface area contributed by atoms with Crippen LogP contribution in [0.4, 0.5) is 14.5 Å². The first kappa shape index (κ1) is 27.3. The molecular formula is C27H35F2N5O2S. The second-order valence-corrected chi connectivity index (χ2v) is 10.1. The molecule has 1 aromatic carbocycles. The van der Waals surface area contributed by atoms with Gasteiger partial charge in [0, 0.05) is 61.5 Å². The molecular weight excluding hydrogens is 496 g/mol. The molecule has 3 fully saturated rings. The van der Waals surface area contributed by atoms with E-state index < -0.39 is 5.92 Å². The number of nitrogens with zero attached hydrogens (tertiary/aromatic N) is 4. The number of H-pyrrole nitrogens is 1. The Morgan fingerprint density at radius 1 is 1.08 bits per heavy atom. The minimum atomic E-state index is -2.62. The number of pyridine rings is 1. The van der Waals surface area contributed by atoms with Crippen molar-refractivity contribution in [3.05, 3.63) is 42.6 Å². The monoisotopic (exact) mass is 531 g/mol. The third kappa shape index (κ3) is 7.00. The maximum atomic E-state index is 13.8. The van der Waals surface area contributed by atoms with Gasteiger partial charge in [-0.05, 0) is 54.8 Å². The molecule has 1 N–H and O–H groups in total. The summed E-state index contributed by atoms with van der Waals surface area (Å²) >= 11 is 1.73. The van der Waals surface area contributed by atoms with Crippen molar-refractivity contribution in [3.8, 4) is 11.3 Å². The molecule has 0 radical (unpaired) electrons. The maximum absolute atomic E-state index is 13.8. The number of ether oxygens (including phenoxy) is 1. The van der Waals surface area contributed by atoms with E-state index >= 15 is 0 Å². The molecule has 0 aliphatic carbocycles. The first-order chi connectivity index (χ1) is 18.0. The molecule has 10 heteroatoms. The van der Waals surface area contributed by atoms with Crippen LogP contribution in [0.1, 0.15) is 26.7 Å². The first-order valence-electron chi connectivity index (χ1n) is 12.9. The summed E-state index contributed by atoms with van der Waals surface area (Å²) in [7, 11) is 0. The van der Waals surface area contributed by atoms with Crippen molar-refractivity contribution in [1.29, 1.82) is 0 Å². The van der Waals surface area contributed by atoms with Crippen molar-refractivity contribution in [1.82, 2.24) is 19.2 Å². The van der Waals surface area contributed by atoms with Crippen molar-refractivity contribution in [2.75, 3.05) is 57.4 Å². The van der Waals surface area contributed by atoms with Crippen LogP contribution in [-0.2, 0) is 9.53 Å². The van der Waals surface area contributed by atoms with E-state index in [1.165, 1.54) is 6.42 Å². The van der Waals surface area contributed by atoms with Crippen molar-refractivity contribution in [3.63, 3.8) is 0 Å². The van der Waals surface area contributed by atoms with Crippen molar-refractivity contribution in [2.45, 2.75) is 37.5 Å². The summed E-state index contributed by atoms with van der Waals surface area (Å²) in [5, 5.41) is 0. The maximum Gasteiger partial charge on any atom is 0.266 e. The summed E-state index contributed by atoms with van der Waals surface area (Å²) < 4.78 is 34.9. The number of aromatic amines is 1. The third-order valence-electron chi connectivity index (χ3n) is 6.40. The van der Waals surface area contributed by atoms with Crippen LogP contribution in [-0.4, -0.2) is 84.0 Å². The minimum Gasteiger partial charge on any atom is -0.378 e. The van der Waals surface area contributed by atoms with Crippen molar-refractivity contribution < 1.29 is 18.3 Å². The Bertz CT molecular complexity index is 1130. The predicted octanol–water partition coefficient (Wildman–Crippen LogP) is 5.29. The van der Waals surface area contributed by atoms with Gasteiger partial charge in [0.15, 0.2) is 0 Å². The number of fused-ring (bicyclic) bond motifs is 1. The van der Waals surface area contributed by atoms with Gasteiger partial charge in [-0.2, -0.15) is 0 Å². The van der Waals surface area contributed by atoms with E-state index in [-0.39, 0.29) is 13.0 Å². The number of carbonyl (C=O) groups excluding carboxylic acids is 1. The molecule has 37 heavy (non-hydrogen) atoms. The average Bonchev–Trinajstić information content (AvgIpc) is 3.51. The number of halogens is 2. The molecule has 2 aromatic heterocycles. The van der Waals surface area contributed by atoms with Crippen LogP contribution in [0, 0.1) is 0 Å². The molecule has 3 aliphatic heterocycles. The Labute approximate surface area is 221 Å². The molecule has 3 aliphatic rings. The summed E-state index contributed by atoms with van der Waals surface area (Å²) in [5.41, 5.74) is 4.56. The Morgan fingerprint density at radius 2 is 1.86 bits per heavy atom. The normalized spacial score (nSPS) is 18.9. The highest BCUT2D eigenvalue weighted by atomic mass is 32.2. The fourth-order valence-corrected chi connectivity index (χ4v) is 5.35. The summed E-state index contributed by atoms with van der Waals surface area (Å²) in [4.78, 5) is 22.5. The Balaban J connectivity index is 0.000000272. The summed E-state index contributed by atoms with van der Waals surface area (Å²) in [6, 6.07) is 12.0. The van der Waals surface area contributed by atoms with Crippen molar-refractivity contribution in [2.24, 2.45) is 0 Å². The number of aromatic nitrogens is 2. The second kappa shape index (κ2) is 12.7. The lowest BCUT2D eigenvalue weighted by Gasteiger charge is -2.29. The van der Waals surface area contributed by atoms with Crippen LogP contribution < -0.4 is 4.90 Å². The summed E-state index contributed by atoms with van der Waals surface area (Å²) in [5.74, 6) is -2.62. The number of carbonyl (C=O) groups is 1. The highest BCUT2D eigenvalue weighted by Crippen LogP contribution is 2.40. The lowest BCUT2D eigenvalue weighted by atomic mass is 10.1. The zero-order chi connectivity index (χ0) is 26.3. The largest absolute Gasteiger partial charge is 0.378 e. The first-order valence-corrected chi connectivity index (χ1v) is 13.7. The molecule has 3 aromatic rings. The lowest BCUT2D eigenvalue weighted by Crippen LogP contribution is -2.34. The zero-order valence-electron chi connectivity index (χ0n) is 21.5. The zero-order valence-corrected chi connectivity index (χ0v) is 22.3. The van der Waals surface area contributed by atoms with Crippen molar-refractivity contribution >= 4 is 35.1 Å². The van der Waals surface area contributed by atoms with Gasteiger partial charge in [0.2, 0.25) is 6.41 Å². The van der Waals surface area contributed by atoms with E-state index in [9.17, 15) is 13.6 Å². The molecule has 5 heterocycles. The molecule has 6 rings (SSSR count). The fraction of sp³-hybridized carbons (Fsp3) is 0.481. The van der Waals surface area contributed by atoms with Gasteiger partial charge in [0.25, 0.3) is 5.92 Å². The van der Waals surface area contributed by atoms with Gasteiger partial charge < -0.3 is 19.5 Å². The van der Waals surface area contributed by atoms with Crippen LogP contribution in [0.5, 0.6) is 0 Å². The Morgan fingerprint density at radius 3 is 2.46 bits per heavy atom. The Kier molecular flexibility index (Phi) is 9.39. The third-order valence-corrected chi connectivity index (χ3v) is 7.49. The van der Waals surface area contributed by atoms with Gasteiger partial charge in [-0.1, -0.05) is 13.8 Å². The SMILES string of the molecule is CC.FC1(F)CCN(c2ccc(SN3CCC3)cc2-c2cc3ncccc3[nH]2)C1.O=CN1CCOCC1. The number of rotatable bonds is 5. The molecule has 1 amide bonds. The van der Waals surface area contributed by atoms with E-state index in [4.69, 9.17) is 4.74 Å². The topological polar surface area (TPSA) is 64.7 Å². The highest BCUT2D eigenvalue weighted by Gasteiger charge is 2.39. The van der Waals surface area contributed by atoms with Gasteiger partial charge in [-0.3, -0.25) is 9.78 Å². The number of hydrogen-bond acceptors (Lipinski definition) is 6. The number of alkyl halides is 2. The van der Waals surface area contributed by atoms with Crippen LogP contribution in [0.25, 0.3) is 22.3 Å². The van der Waals surface area contributed by atoms with E-state index in [2.05, 4.69) is 20.3 Å². The molecule has 0 spiro atoms. The molecule has 0 saturated carbocycles. The number of nitrogens with one attached hydrogen (secondary N) is 1. The van der Waals surface area contributed by atoms with E-state index in [1.807, 2.05) is 44.2 Å². The van der Waals surface area contributed by atoms with E-state index in [0.29, 0.717) is 19.8 Å². The predicted molar refractivity (Wildman–Crippen MR) is 145 cm³/mol. The summed E-state index contributed by atoms with van der Waals surface area (Å²) in [6.45, 7) is 9.23. The summed E-state index contributed by atoms with van der Waals surface area (Å²) in [6.07, 6.45) is 3.76. The lowest BCUT2D eigenvalue weighted by molar-refractivity contribution is -0.121. The van der Waals surface area contributed by atoms with Gasteiger partial charge in [0.05, 0.1) is 36.5 Å². The molecule has 7 nitrogen and oxygen atoms in total. The molecule has 200 valence electrons. The number of morpholine rings is 1.